The number of rotatable bonds is 1. The normalized spacial score (nSPS) is 11.5. The molecule has 1 aromatic rings. The van der Waals surface area contributed by atoms with Crippen LogP contribution in [0, 0.1) is 0 Å². The Bertz CT molecular complexity index is 331. The molecule has 0 saturated heterocycles. The first-order chi connectivity index (χ1) is 6.30. The van der Waals surface area contributed by atoms with Crippen molar-refractivity contribution in [3.8, 4) is 0 Å². The summed E-state index contributed by atoms with van der Waals surface area (Å²) in [4.78, 5) is 1.58. The summed E-state index contributed by atoms with van der Waals surface area (Å²) >= 11 is 0. The van der Waals surface area contributed by atoms with Gasteiger partial charge in [-0.15, -0.1) is 0 Å². The van der Waals surface area contributed by atoms with Crippen LogP contribution < -0.4 is 10.6 Å². The summed E-state index contributed by atoms with van der Waals surface area (Å²) in [7, 11) is 3.32. The molecule has 0 amide bonds. The Kier molecular flexibility index (Phi) is 2.59. The minimum atomic E-state index is -4.35. The van der Waals surface area contributed by atoms with Crippen molar-refractivity contribution >= 4 is 11.4 Å². The van der Waals surface area contributed by atoms with Crippen molar-refractivity contribution in [1.82, 2.24) is 0 Å². The molecule has 78 valence electrons. The van der Waals surface area contributed by atoms with E-state index in [-0.39, 0.29) is 5.69 Å². The molecule has 2 nitrogen and oxygen atoms in total. The zero-order valence-corrected chi connectivity index (χ0v) is 7.89. The Balaban J connectivity index is 3.21. The van der Waals surface area contributed by atoms with Gasteiger partial charge in [-0.1, -0.05) is 0 Å². The van der Waals surface area contributed by atoms with Gasteiger partial charge in [-0.25, -0.2) is 0 Å². The third-order valence-electron chi connectivity index (χ3n) is 1.78. The largest absolute Gasteiger partial charge is 0.416 e. The number of hydrogen-bond donors (Lipinski definition) is 1. The Morgan fingerprint density at radius 2 is 1.71 bits per heavy atom. The molecule has 0 bridgehead atoms. The van der Waals surface area contributed by atoms with Crippen molar-refractivity contribution < 1.29 is 13.2 Å². The van der Waals surface area contributed by atoms with Crippen molar-refractivity contribution in [3.63, 3.8) is 0 Å². The zero-order valence-electron chi connectivity index (χ0n) is 7.89. The van der Waals surface area contributed by atoms with Crippen LogP contribution >= 0.6 is 0 Å². The molecule has 0 spiro atoms. The van der Waals surface area contributed by atoms with Gasteiger partial charge in [0.05, 0.1) is 5.56 Å². The molecule has 5 heteroatoms. The fourth-order valence-electron chi connectivity index (χ4n) is 1.06. The number of nitrogens with two attached hydrogens (primary N) is 1. The smallest absolute Gasteiger partial charge is 0.399 e. The summed E-state index contributed by atoms with van der Waals surface area (Å²) in [5, 5.41) is 0. The molecule has 0 aliphatic carbocycles. The lowest BCUT2D eigenvalue weighted by Gasteiger charge is -2.16. The van der Waals surface area contributed by atoms with E-state index in [0.29, 0.717) is 5.69 Å². The topological polar surface area (TPSA) is 29.3 Å². The van der Waals surface area contributed by atoms with Gasteiger partial charge in [-0.3, -0.25) is 0 Å². The summed E-state index contributed by atoms with van der Waals surface area (Å²) in [5.41, 5.74) is 5.20. The summed E-state index contributed by atoms with van der Waals surface area (Å²) in [6, 6.07) is 3.48. The molecule has 14 heavy (non-hydrogen) atoms. The number of hydrogen-bond acceptors (Lipinski definition) is 2. The molecule has 0 aliphatic heterocycles. The molecule has 0 aliphatic rings. The average molecular weight is 204 g/mol. The third-order valence-corrected chi connectivity index (χ3v) is 1.78. The molecule has 0 heterocycles. The van der Waals surface area contributed by atoms with E-state index in [1.54, 1.807) is 19.0 Å². The molecule has 0 aromatic heterocycles. The Labute approximate surface area is 80.1 Å². The number of halogens is 3. The second-order valence-corrected chi connectivity index (χ2v) is 3.21. The maximum Gasteiger partial charge on any atom is 0.416 e. The summed E-state index contributed by atoms with van der Waals surface area (Å²) in [6.45, 7) is 0. The molecule has 0 unspecified atom stereocenters. The minimum absolute atomic E-state index is 0.114. The van der Waals surface area contributed by atoms with E-state index in [1.807, 2.05) is 0 Å². The highest BCUT2D eigenvalue weighted by Gasteiger charge is 2.31. The number of alkyl halides is 3. The highest BCUT2D eigenvalue weighted by Crippen LogP contribution is 2.33. The van der Waals surface area contributed by atoms with E-state index in [9.17, 15) is 13.2 Å². The van der Waals surface area contributed by atoms with E-state index < -0.39 is 11.7 Å². The minimum Gasteiger partial charge on any atom is -0.399 e. The van der Waals surface area contributed by atoms with E-state index >= 15 is 0 Å². The molecule has 0 saturated carbocycles. The maximum absolute atomic E-state index is 12.3. The van der Waals surface area contributed by atoms with Crippen molar-refractivity contribution in [1.29, 1.82) is 0 Å². The lowest BCUT2D eigenvalue weighted by atomic mass is 10.1. The third kappa shape index (κ3) is 2.31. The number of benzene rings is 1. The number of anilines is 2. The molecule has 1 aromatic carbocycles. The summed E-state index contributed by atoms with van der Waals surface area (Å²) in [6.07, 6.45) is -4.35. The Morgan fingerprint density at radius 1 is 1.14 bits per heavy atom. The highest BCUT2D eigenvalue weighted by molar-refractivity contribution is 5.58. The molecule has 0 radical (unpaired) electrons. The van der Waals surface area contributed by atoms with Gasteiger partial charge >= 0.3 is 6.18 Å². The first kappa shape index (κ1) is 10.7. The second-order valence-electron chi connectivity index (χ2n) is 3.21. The van der Waals surface area contributed by atoms with Crippen LogP contribution in [-0.2, 0) is 6.18 Å². The monoisotopic (exact) mass is 204 g/mol. The van der Waals surface area contributed by atoms with Gasteiger partial charge in [0.2, 0.25) is 0 Å². The molecule has 2 N–H and O–H groups in total. The van der Waals surface area contributed by atoms with Crippen LogP contribution in [0.3, 0.4) is 0 Å². The Hall–Kier alpha value is -1.39. The predicted octanol–water partition coefficient (Wildman–Crippen LogP) is 2.35. The van der Waals surface area contributed by atoms with Crippen molar-refractivity contribution in [2.75, 3.05) is 24.7 Å². The van der Waals surface area contributed by atoms with Crippen LogP contribution in [0.25, 0.3) is 0 Å². The standard InChI is InChI=1S/C9H11F3N2/c1-14(2)8-4-6(9(10,11)12)3-7(13)5-8/h3-5H,13H2,1-2H3. The maximum atomic E-state index is 12.3. The fourth-order valence-corrected chi connectivity index (χ4v) is 1.06. The summed E-state index contributed by atoms with van der Waals surface area (Å²) < 4.78 is 37.0. The van der Waals surface area contributed by atoms with Crippen LogP contribution in [-0.4, -0.2) is 14.1 Å². The molecule has 0 atom stereocenters. The van der Waals surface area contributed by atoms with E-state index in [1.165, 1.54) is 6.07 Å². The van der Waals surface area contributed by atoms with Crippen molar-refractivity contribution in [2.45, 2.75) is 6.18 Å². The van der Waals surface area contributed by atoms with Gasteiger partial charge in [0.1, 0.15) is 0 Å². The molecular weight excluding hydrogens is 193 g/mol. The predicted molar refractivity (Wildman–Crippen MR) is 50.2 cm³/mol. The van der Waals surface area contributed by atoms with Crippen LogP contribution in [0.4, 0.5) is 24.5 Å². The SMILES string of the molecule is CN(C)c1cc(N)cc(C(F)(F)F)c1. The van der Waals surface area contributed by atoms with Crippen molar-refractivity contribution in [3.05, 3.63) is 23.8 Å². The van der Waals surface area contributed by atoms with Gasteiger partial charge in [0, 0.05) is 25.5 Å². The van der Waals surface area contributed by atoms with Crippen LogP contribution in [0.15, 0.2) is 18.2 Å². The van der Waals surface area contributed by atoms with E-state index in [0.717, 1.165) is 12.1 Å². The molecular formula is C9H11F3N2. The van der Waals surface area contributed by atoms with E-state index in [2.05, 4.69) is 0 Å². The van der Waals surface area contributed by atoms with Gasteiger partial charge in [-0.05, 0) is 18.2 Å². The van der Waals surface area contributed by atoms with Crippen LogP contribution in [0.2, 0.25) is 0 Å². The number of nitrogens with zero attached hydrogens (tertiary/aromatic N) is 1. The second kappa shape index (κ2) is 3.40. The quantitative estimate of drug-likeness (QED) is 0.711. The molecule has 0 fully saturated rings. The van der Waals surface area contributed by atoms with Gasteiger partial charge in [0.15, 0.2) is 0 Å². The highest BCUT2D eigenvalue weighted by atomic mass is 19.4. The Morgan fingerprint density at radius 3 is 2.14 bits per heavy atom. The lowest BCUT2D eigenvalue weighted by Crippen LogP contribution is -2.12. The first-order valence-corrected chi connectivity index (χ1v) is 3.96. The van der Waals surface area contributed by atoms with E-state index in [4.69, 9.17) is 5.73 Å². The number of nitrogen functional groups attached to an aromatic ring is 1. The van der Waals surface area contributed by atoms with Crippen LogP contribution in [0.1, 0.15) is 5.56 Å². The average Bonchev–Trinajstić information content (AvgIpc) is 2.01. The molecule has 1 rings (SSSR count). The van der Waals surface area contributed by atoms with Gasteiger partial charge in [-0.2, -0.15) is 13.2 Å². The fraction of sp³-hybridized carbons (Fsp3) is 0.333. The lowest BCUT2D eigenvalue weighted by molar-refractivity contribution is -0.137. The van der Waals surface area contributed by atoms with Crippen molar-refractivity contribution in [2.24, 2.45) is 0 Å². The van der Waals surface area contributed by atoms with Gasteiger partial charge < -0.3 is 10.6 Å². The van der Waals surface area contributed by atoms with Crippen LogP contribution in [0.5, 0.6) is 0 Å². The first-order valence-electron chi connectivity index (χ1n) is 3.96. The zero-order chi connectivity index (χ0) is 10.9. The van der Waals surface area contributed by atoms with Gasteiger partial charge in [0.25, 0.3) is 0 Å². The summed E-state index contributed by atoms with van der Waals surface area (Å²) in [5.74, 6) is 0.